The molecule has 0 spiro atoms. The number of benzene rings is 1. The first-order valence-electron chi connectivity index (χ1n) is 7.05. The van der Waals surface area contributed by atoms with Crippen molar-refractivity contribution < 1.29 is 9.29 Å². The molecule has 2 rings (SSSR count). The number of rotatable bonds is 6. The molecule has 7 heteroatoms. The molecule has 1 aromatic heterocycles. The van der Waals surface area contributed by atoms with Gasteiger partial charge in [-0.3, -0.25) is 4.57 Å². The molecule has 0 aliphatic rings. The van der Waals surface area contributed by atoms with Crippen molar-refractivity contribution in [3.8, 4) is 11.8 Å². The normalized spacial score (nSPS) is 12.4. The van der Waals surface area contributed by atoms with Gasteiger partial charge in [0.25, 0.3) is 0 Å². The van der Waals surface area contributed by atoms with E-state index in [9.17, 15) is 4.39 Å². The Kier molecular flexibility index (Phi) is 5.52. The maximum atomic E-state index is 13.2. The molecule has 5 nitrogen and oxygen atoms in total. The average Bonchev–Trinajstić information content (AvgIpc) is 2.91. The molecule has 116 valence electrons. The number of nitriles is 1. The molecule has 0 amide bonds. The van der Waals surface area contributed by atoms with Crippen LogP contribution in [0.15, 0.2) is 29.4 Å². The number of hydrogen-bond donors (Lipinski definition) is 1. The zero-order valence-corrected chi connectivity index (χ0v) is 13.7. The third-order valence-corrected chi connectivity index (χ3v) is 4.37. The Labute approximate surface area is 133 Å². The van der Waals surface area contributed by atoms with Crippen LogP contribution in [-0.2, 0) is 0 Å². The molecule has 2 aromatic rings. The number of quaternary nitrogens is 1. The van der Waals surface area contributed by atoms with Crippen molar-refractivity contribution >= 4 is 11.8 Å². The summed E-state index contributed by atoms with van der Waals surface area (Å²) in [5.41, 5.74) is 0.828. The van der Waals surface area contributed by atoms with Gasteiger partial charge >= 0.3 is 0 Å². The van der Waals surface area contributed by atoms with E-state index in [0.29, 0.717) is 12.2 Å². The van der Waals surface area contributed by atoms with E-state index >= 15 is 0 Å². The fourth-order valence-electron chi connectivity index (χ4n) is 1.93. The van der Waals surface area contributed by atoms with Gasteiger partial charge in [0.1, 0.15) is 11.9 Å². The predicted octanol–water partition coefficient (Wildman–Crippen LogP) is 1.62. The van der Waals surface area contributed by atoms with Crippen molar-refractivity contribution in [3.63, 3.8) is 0 Å². The van der Waals surface area contributed by atoms with Crippen molar-refractivity contribution in [2.45, 2.75) is 24.5 Å². The van der Waals surface area contributed by atoms with Gasteiger partial charge in [-0.2, -0.15) is 5.26 Å². The summed E-state index contributed by atoms with van der Waals surface area (Å²) in [5.74, 6) is 1.20. The lowest BCUT2D eigenvalue weighted by molar-refractivity contribution is -0.890. The smallest absolute Gasteiger partial charge is 0.196 e. The van der Waals surface area contributed by atoms with Gasteiger partial charge in [-0.1, -0.05) is 11.8 Å². The van der Waals surface area contributed by atoms with Gasteiger partial charge in [0.05, 0.1) is 20.2 Å². The molecule has 0 unspecified atom stereocenters. The molecule has 1 aromatic carbocycles. The highest BCUT2D eigenvalue weighted by Crippen LogP contribution is 2.24. The second-order valence-electron chi connectivity index (χ2n) is 5.21. The second-order valence-corrected chi connectivity index (χ2v) is 6.27. The standard InChI is InChI=1S/C15H18FN5S/c1-11(20(2)3)14-18-19-15(22-10-4-9-17)21(14)13-7-5-12(16)6-8-13/h5-8,11H,4,10H2,1-3H3/p+1/t11-/m0/s1. The summed E-state index contributed by atoms with van der Waals surface area (Å²) in [6.07, 6.45) is 0.449. The van der Waals surface area contributed by atoms with Crippen LogP contribution < -0.4 is 4.90 Å². The first kappa shape index (κ1) is 16.5. The molecule has 0 saturated carbocycles. The van der Waals surface area contributed by atoms with E-state index in [1.54, 1.807) is 12.1 Å². The summed E-state index contributed by atoms with van der Waals surface area (Å²) in [6.45, 7) is 2.07. The molecule has 0 aliphatic heterocycles. The average molecular weight is 320 g/mol. The van der Waals surface area contributed by atoms with E-state index in [1.165, 1.54) is 28.8 Å². The summed E-state index contributed by atoms with van der Waals surface area (Å²) < 4.78 is 15.1. The van der Waals surface area contributed by atoms with Crippen LogP contribution in [0.1, 0.15) is 25.2 Å². The zero-order valence-electron chi connectivity index (χ0n) is 12.9. The summed E-state index contributed by atoms with van der Waals surface area (Å²) in [5, 5.41) is 18.0. The number of aromatic nitrogens is 3. The monoisotopic (exact) mass is 320 g/mol. The topological polar surface area (TPSA) is 58.9 Å². The Hall–Kier alpha value is -1.91. The molecule has 0 saturated heterocycles. The molecule has 0 fully saturated rings. The van der Waals surface area contributed by atoms with E-state index in [1.807, 2.05) is 4.57 Å². The summed E-state index contributed by atoms with van der Waals surface area (Å²) in [7, 11) is 4.10. The predicted molar refractivity (Wildman–Crippen MR) is 83.5 cm³/mol. The summed E-state index contributed by atoms with van der Waals surface area (Å²) in [4.78, 5) is 1.23. The molecule has 0 bridgehead atoms. The van der Waals surface area contributed by atoms with Crippen molar-refractivity contribution in [2.24, 2.45) is 0 Å². The van der Waals surface area contributed by atoms with Gasteiger partial charge in [0.2, 0.25) is 0 Å². The third-order valence-electron chi connectivity index (χ3n) is 3.44. The highest BCUT2D eigenvalue weighted by Gasteiger charge is 2.23. The van der Waals surface area contributed by atoms with Gasteiger partial charge in [-0.05, 0) is 31.2 Å². The van der Waals surface area contributed by atoms with Crippen LogP contribution in [0, 0.1) is 17.1 Å². The summed E-state index contributed by atoms with van der Waals surface area (Å²) in [6, 6.07) is 8.55. The molecular formula is C15H19FN5S+. The fourth-order valence-corrected chi connectivity index (χ4v) is 2.74. The van der Waals surface area contributed by atoms with E-state index in [4.69, 9.17) is 5.26 Å². The van der Waals surface area contributed by atoms with Crippen LogP contribution in [0.5, 0.6) is 0 Å². The van der Waals surface area contributed by atoms with E-state index in [2.05, 4.69) is 37.3 Å². The third kappa shape index (κ3) is 3.64. The first-order valence-corrected chi connectivity index (χ1v) is 8.04. The Bertz CT molecular complexity index is 660. The Morgan fingerprint density at radius 2 is 2.00 bits per heavy atom. The Balaban J connectivity index is 2.43. The van der Waals surface area contributed by atoms with Crippen molar-refractivity contribution in [3.05, 3.63) is 35.9 Å². The molecule has 1 atom stereocenters. The number of hydrogen-bond acceptors (Lipinski definition) is 4. The van der Waals surface area contributed by atoms with Gasteiger partial charge in [0, 0.05) is 17.9 Å². The molecular weight excluding hydrogens is 301 g/mol. The Morgan fingerprint density at radius 1 is 1.32 bits per heavy atom. The molecule has 22 heavy (non-hydrogen) atoms. The van der Waals surface area contributed by atoms with Gasteiger partial charge in [-0.25, -0.2) is 4.39 Å². The highest BCUT2D eigenvalue weighted by molar-refractivity contribution is 7.99. The van der Waals surface area contributed by atoms with Crippen molar-refractivity contribution in [2.75, 3.05) is 19.8 Å². The Morgan fingerprint density at radius 3 is 2.59 bits per heavy atom. The van der Waals surface area contributed by atoms with Crippen LogP contribution >= 0.6 is 11.8 Å². The lowest BCUT2D eigenvalue weighted by Crippen LogP contribution is -3.05. The molecule has 0 radical (unpaired) electrons. The van der Waals surface area contributed by atoms with Crippen molar-refractivity contribution in [1.29, 1.82) is 5.26 Å². The maximum absolute atomic E-state index is 13.2. The van der Waals surface area contributed by atoms with E-state index in [0.717, 1.165) is 16.7 Å². The fraction of sp³-hybridized carbons (Fsp3) is 0.400. The van der Waals surface area contributed by atoms with Gasteiger partial charge in [-0.15, -0.1) is 10.2 Å². The highest BCUT2D eigenvalue weighted by atomic mass is 32.2. The van der Waals surface area contributed by atoms with E-state index < -0.39 is 0 Å². The molecule has 0 aliphatic carbocycles. The SMILES string of the molecule is C[C@@H](c1nnc(SCCC#N)n1-c1ccc(F)cc1)[NH+](C)C. The zero-order chi connectivity index (χ0) is 16.1. The van der Waals surface area contributed by atoms with Gasteiger partial charge in [0.15, 0.2) is 11.0 Å². The van der Waals surface area contributed by atoms with Crippen molar-refractivity contribution in [1.82, 2.24) is 14.8 Å². The van der Waals surface area contributed by atoms with Crippen LogP contribution in [0.25, 0.3) is 5.69 Å². The van der Waals surface area contributed by atoms with Crippen LogP contribution in [0.2, 0.25) is 0 Å². The quantitative estimate of drug-likeness (QED) is 0.649. The number of nitrogens with zero attached hydrogens (tertiary/aromatic N) is 4. The van der Waals surface area contributed by atoms with Crippen LogP contribution in [0.3, 0.4) is 0 Å². The second kappa shape index (κ2) is 7.38. The minimum atomic E-state index is -0.275. The molecule has 1 heterocycles. The minimum Gasteiger partial charge on any atom is -0.331 e. The summed E-state index contributed by atoms with van der Waals surface area (Å²) >= 11 is 1.48. The van der Waals surface area contributed by atoms with Gasteiger partial charge < -0.3 is 4.90 Å². The number of halogens is 1. The molecule has 1 N–H and O–H groups in total. The lowest BCUT2D eigenvalue weighted by Gasteiger charge is -2.18. The minimum absolute atomic E-state index is 0.142. The van der Waals surface area contributed by atoms with Crippen LogP contribution in [0.4, 0.5) is 4.39 Å². The largest absolute Gasteiger partial charge is 0.331 e. The van der Waals surface area contributed by atoms with E-state index in [-0.39, 0.29) is 11.9 Å². The number of thioether (sulfide) groups is 1. The van der Waals surface area contributed by atoms with Crippen LogP contribution in [-0.4, -0.2) is 34.6 Å². The first-order chi connectivity index (χ1) is 10.5. The lowest BCUT2D eigenvalue weighted by atomic mass is 10.2. The maximum Gasteiger partial charge on any atom is 0.196 e. The number of nitrogens with one attached hydrogen (secondary N) is 1.